The molecule has 0 aliphatic rings. The van der Waals surface area contributed by atoms with Crippen LogP contribution in [0, 0.1) is 0 Å². The summed E-state index contributed by atoms with van der Waals surface area (Å²) in [6, 6.07) is 11.6. The van der Waals surface area contributed by atoms with Crippen LogP contribution in [0.5, 0.6) is 0 Å². The summed E-state index contributed by atoms with van der Waals surface area (Å²) in [5.74, 6) is 1.22. The molecular weight excluding hydrogens is 278 g/mol. The topological polar surface area (TPSA) is 68.2 Å². The minimum atomic E-state index is -0.715. The molecule has 22 heavy (non-hydrogen) atoms. The fraction of sp³-hybridized carbons (Fsp3) is 0.353. The number of rotatable bonds is 6. The maximum Gasteiger partial charge on any atom is 0.356 e. The number of unbranched alkanes of at least 4 members (excludes halogenated alkanes) is 1. The molecular formula is C17H22N3O2+. The molecule has 0 saturated carbocycles. The van der Waals surface area contributed by atoms with Crippen LogP contribution >= 0.6 is 0 Å². The van der Waals surface area contributed by atoms with Crippen LogP contribution in [-0.4, -0.2) is 9.67 Å². The van der Waals surface area contributed by atoms with Gasteiger partial charge in [0.2, 0.25) is 0 Å². The van der Waals surface area contributed by atoms with E-state index in [2.05, 4.69) is 17.6 Å². The monoisotopic (exact) mass is 300 g/mol. The predicted octanol–water partition coefficient (Wildman–Crippen LogP) is 2.64. The third kappa shape index (κ3) is 2.60. The number of aliphatic hydroxyl groups excluding tert-OH is 1. The van der Waals surface area contributed by atoms with Crippen LogP contribution < -0.4 is 10.3 Å². The fourth-order valence-corrected chi connectivity index (χ4v) is 2.80. The number of aliphatic hydroxyl groups is 1. The number of aryl methyl sites for hydroxylation is 1. The van der Waals surface area contributed by atoms with Crippen molar-refractivity contribution in [1.29, 1.82) is 0 Å². The van der Waals surface area contributed by atoms with Gasteiger partial charge in [-0.2, -0.15) is 0 Å². The van der Waals surface area contributed by atoms with Crippen molar-refractivity contribution in [2.24, 2.45) is 0 Å². The molecule has 0 aliphatic carbocycles. The second-order valence-corrected chi connectivity index (χ2v) is 5.49. The molecule has 1 aromatic carbocycles. The lowest BCUT2D eigenvalue weighted by molar-refractivity contribution is -0.666. The van der Waals surface area contributed by atoms with Gasteiger partial charge in [-0.05, 0) is 30.7 Å². The Kier molecular flexibility index (Phi) is 4.15. The molecule has 0 aliphatic heterocycles. The summed E-state index contributed by atoms with van der Waals surface area (Å²) in [5.41, 5.74) is 8.47. The average Bonchev–Trinajstić information content (AvgIpc) is 3.14. The van der Waals surface area contributed by atoms with E-state index in [1.165, 1.54) is 0 Å². The van der Waals surface area contributed by atoms with Crippen LogP contribution in [0.25, 0.3) is 11.0 Å². The molecule has 1 atom stereocenters. The number of hydrogen-bond acceptors (Lipinski definition) is 3. The second kappa shape index (κ2) is 6.23. The highest BCUT2D eigenvalue weighted by Crippen LogP contribution is 2.20. The van der Waals surface area contributed by atoms with Crippen molar-refractivity contribution in [3.63, 3.8) is 0 Å². The Morgan fingerprint density at radius 3 is 2.82 bits per heavy atom. The smallest absolute Gasteiger partial charge is 0.356 e. The number of para-hydroxylation sites is 2. The zero-order valence-corrected chi connectivity index (χ0v) is 12.8. The van der Waals surface area contributed by atoms with Gasteiger partial charge < -0.3 is 9.52 Å². The summed E-state index contributed by atoms with van der Waals surface area (Å²) < 4.78 is 9.36. The predicted molar refractivity (Wildman–Crippen MR) is 85.1 cm³/mol. The third-order valence-electron chi connectivity index (χ3n) is 3.98. The number of nitrogens with zero attached hydrogens (tertiary/aromatic N) is 2. The van der Waals surface area contributed by atoms with Gasteiger partial charge >= 0.3 is 5.95 Å². The first-order chi connectivity index (χ1) is 10.7. The van der Waals surface area contributed by atoms with Crippen molar-refractivity contribution >= 4 is 17.0 Å². The van der Waals surface area contributed by atoms with E-state index in [-0.39, 0.29) is 0 Å². The number of imidazole rings is 1. The van der Waals surface area contributed by atoms with E-state index in [4.69, 9.17) is 10.2 Å². The standard InChI is InChI=1S/C17H21N3O2/c1-2-3-10-19-13-7-4-5-8-14(13)20(17(19)18)12-15(21)16-9-6-11-22-16/h4-9,11,15,18,21H,2-3,10,12H2,1H3/p+1. The van der Waals surface area contributed by atoms with Gasteiger partial charge in [-0.15, -0.1) is 0 Å². The molecule has 1 unspecified atom stereocenters. The SMILES string of the molecule is CCCCn1c(N)[n+](CC(O)c2ccco2)c2ccccc21. The van der Waals surface area contributed by atoms with Crippen LogP contribution in [-0.2, 0) is 13.1 Å². The van der Waals surface area contributed by atoms with E-state index in [1.54, 1.807) is 18.4 Å². The first-order valence-corrected chi connectivity index (χ1v) is 7.70. The van der Waals surface area contributed by atoms with Gasteiger partial charge in [-0.1, -0.05) is 25.5 Å². The van der Waals surface area contributed by atoms with E-state index in [0.29, 0.717) is 18.3 Å². The van der Waals surface area contributed by atoms with Crippen molar-refractivity contribution in [3.8, 4) is 0 Å². The third-order valence-corrected chi connectivity index (χ3v) is 3.98. The molecule has 5 nitrogen and oxygen atoms in total. The van der Waals surface area contributed by atoms with E-state index in [0.717, 1.165) is 30.4 Å². The molecule has 0 bridgehead atoms. The van der Waals surface area contributed by atoms with E-state index in [9.17, 15) is 5.11 Å². The second-order valence-electron chi connectivity index (χ2n) is 5.49. The molecule has 3 N–H and O–H groups in total. The number of hydrogen-bond donors (Lipinski definition) is 2. The summed E-state index contributed by atoms with van der Waals surface area (Å²) in [7, 11) is 0. The van der Waals surface area contributed by atoms with Crippen molar-refractivity contribution in [1.82, 2.24) is 4.57 Å². The van der Waals surface area contributed by atoms with Gasteiger partial charge in [-0.25, -0.2) is 9.13 Å². The molecule has 0 spiro atoms. The Morgan fingerprint density at radius 2 is 2.09 bits per heavy atom. The number of anilines is 1. The number of furan rings is 1. The molecule has 3 rings (SSSR count). The summed E-state index contributed by atoms with van der Waals surface area (Å²) in [4.78, 5) is 0. The quantitative estimate of drug-likeness (QED) is 0.688. The molecule has 0 amide bonds. The van der Waals surface area contributed by atoms with E-state index >= 15 is 0 Å². The lowest BCUT2D eigenvalue weighted by Gasteiger charge is -2.07. The van der Waals surface area contributed by atoms with Gasteiger partial charge in [0.15, 0.2) is 0 Å². The Labute approximate surface area is 129 Å². The molecule has 5 heteroatoms. The van der Waals surface area contributed by atoms with Crippen LogP contribution in [0.2, 0.25) is 0 Å². The highest BCUT2D eigenvalue weighted by Gasteiger charge is 2.23. The van der Waals surface area contributed by atoms with Gasteiger partial charge in [0.1, 0.15) is 29.4 Å². The zero-order valence-electron chi connectivity index (χ0n) is 12.8. The average molecular weight is 300 g/mol. The Balaban J connectivity index is 1.99. The van der Waals surface area contributed by atoms with Crippen LogP contribution in [0.1, 0.15) is 31.6 Å². The molecule has 2 aromatic heterocycles. The highest BCUT2D eigenvalue weighted by molar-refractivity contribution is 5.73. The molecule has 3 aromatic rings. The Morgan fingerprint density at radius 1 is 1.27 bits per heavy atom. The van der Waals surface area contributed by atoms with Crippen LogP contribution in [0.15, 0.2) is 47.1 Å². The minimum Gasteiger partial charge on any atom is -0.466 e. The van der Waals surface area contributed by atoms with Crippen molar-refractivity contribution in [3.05, 3.63) is 48.4 Å². The number of nitrogen functional groups attached to an aromatic ring is 1. The summed E-state index contributed by atoms with van der Waals surface area (Å²) in [5, 5.41) is 10.4. The summed E-state index contributed by atoms with van der Waals surface area (Å²) >= 11 is 0. The highest BCUT2D eigenvalue weighted by atomic mass is 16.4. The Bertz CT molecular complexity index is 747. The van der Waals surface area contributed by atoms with E-state index in [1.807, 2.05) is 22.8 Å². The van der Waals surface area contributed by atoms with Crippen molar-refractivity contribution < 1.29 is 14.1 Å². The molecule has 0 saturated heterocycles. The van der Waals surface area contributed by atoms with Gasteiger partial charge in [0, 0.05) is 0 Å². The lowest BCUT2D eigenvalue weighted by atomic mass is 10.2. The van der Waals surface area contributed by atoms with Crippen LogP contribution in [0.4, 0.5) is 5.95 Å². The van der Waals surface area contributed by atoms with Crippen molar-refractivity contribution in [2.75, 3.05) is 5.73 Å². The number of fused-ring (bicyclic) bond motifs is 1. The van der Waals surface area contributed by atoms with Gasteiger partial charge in [-0.3, -0.25) is 5.73 Å². The minimum absolute atomic E-state index is 0.374. The summed E-state index contributed by atoms with van der Waals surface area (Å²) in [6.07, 6.45) is 3.04. The Hall–Kier alpha value is -2.27. The zero-order chi connectivity index (χ0) is 15.5. The molecule has 116 valence electrons. The molecule has 0 radical (unpaired) electrons. The van der Waals surface area contributed by atoms with Crippen LogP contribution in [0.3, 0.4) is 0 Å². The van der Waals surface area contributed by atoms with E-state index < -0.39 is 6.10 Å². The maximum absolute atomic E-state index is 10.4. The first kappa shape index (κ1) is 14.7. The first-order valence-electron chi connectivity index (χ1n) is 7.70. The normalized spacial score (nSPS) is 12.8. The van der Waals surface area contributed by atoms with Gasteiger partial charge in [0.25, 0.3) is 0 Å². The number of nitrogens with two attached hydrogens (primary N) is 1. The van der Waals surface area contributed by atoms with Gasteiger partial charge in [0.05, 0.1) is 12.8 Å². The number of aromatic nitrogens is 2. The maximum atomic E-state index is 10.4. The summed E-state index contributed by atoms with van der Waals surface area (Å²) in [6.45, 7) is 3.42. The molecule has 2 heterocycles. The lowest BCUT2D eigenvalue weighted by Crippen LogP contribution is -2.39. The fourth-order valence-electron chi connectivity index (χ4n) is 2.80. The largest absolute Gasteiger partial charge is 0.466 e. The van der Waals surface area contributed by atoms with Crippen molar-refractivity contribution in [2.45, 2.75) is 39.0 Å². The molecule has 0 fully saturated rings. The number of benzene rings is 1.